The molecule has 1 aliphatic heterocycles. The largest absolute Gasteiger partial charge is 0.325 e. The number of fused-ring (bicyclic) bond motifs is 1. The predicted molar refractivity (Wildman–Crippen MR) is 130 cm³/mol. The van der Waals surface area contributed by atoms with Crippen molar-refractivity contribution < 1.29 is 4.79 Å². The van der Waals surface area contributed by atoms with Crippen LogP contribution in [-0.4, -0.2) is 32.2 Å². The molecule has 4 aromatic rings. The Balaban J connectivity index is 1.40. The third-order valence-electron chi connectivity index (χ3n) is 5.67. The number of amides is 1. The number of nitrogens with zero attached hydrogens (tertiary/aromatic N) is 5. The van der Waals surface area contributed by atoms with Crippen LogP contribution in [0.2, 0.25) is 10.2 Å². The van der Waals surface area contributed by atoms with Gasteiger partial charge in [-0.15, -0.1) is 0 Å². The number of pyridine rings is 2. The average Bonchev–Trinajstić information content (AvgIpc) is 3.42. The average molecular weight is 479 g/mol. The Morgan fingerprint density at radius 2 is 1.94 bits per heavy atom. The first-order valence-corrected chi connectivity index (χ1v) is 11.2. The Hall–Kier alpha value is -3.42. The van der Waals surface area contributed by atoms with Crippen LogP contribution < -0.4 is 10.2 Å². The molecular formula is C24H20Cl2N6O. The summed E-state index contributed by atoms with van der Waals surface area (Å²) in [6, 6.07) is 13.4. The minimum atomic E-state index is -0.0510. The highest BCUT2D eigenvalue weighted by Gasteiger charge is 2.28. The summed E-state index contributed by atoms with van der Waals surface area (Å²) < 4.78 is 1.74. The van der Waals surface area contributed by atoms with Crippen molar-refractivity contribution >= 4 is 46.4 Å². The molecule has 33 heavy (non-hydrogen) atoms. The van der Waals surface area contributed by atoms with Crippen LogP contribution in [0.1, 0.15) is 11.1 Å². The van der Waals surface area contributed by atoms with Crippen LogP contribution in [0.15, 0.2) is 61.1 Å². The SMILES string of the molecule is Cn1nccc1Nc1cc(-c2cc(Cl)c3c(c2)CCN3C(=O)Cc2cccnc2Cl)ccn1. The smallest absolute Gasteiger partial charge is 0.231 e. The summed E-state index contributed by atoms with van der Waals surface area (Å²) in [6.45, 7) is 0.582. The van der Waals surface area contributed by atoms with Crippen LogP contribution >= 0.6 is 23.2 Å². The normalized spacial score (nSPS) is 12.6. The van der Waals surface area contributed by atoms with E-state index >= 15 is 0 Å². The summed E-state index contributed by atoms with van der Waals surface area (Å²) >= 11 is 12.8. The Labute approximate surface area is 201 Å². The van der Waals surface area contributed by atoms with Crippen LogP contribution in [0.5, 0.6) is 0 Å². The van der Waals surface area contributed by atoms with Gasteiger partial charge in [0.1, 0.15) is 16.8 Å². The molecule has 0 saturated heterocycles. The van der Waals surface area contributed by atoms with Gasteiger partial charge in [-0.2, -0.15) is 5.10 Å². The molecule has 0 spiro atoms. The zero-order valence-electron chi connectivity index (χ0n) is 17.8. The van der Waals surface area contributed by atoms with Crippen molar-refractivity contribution in [3.05, 3.63) is 82.4 Å². The summed E-state index contributed by atoms with van der Waals surface area (Å²) in [6.07, 6.45) is 6.00. The summed E-state index contributed by atoms with van der Waals surface area (Å²) in [5.74, 6) is 1.50. The monoisotopic (exact) mass is 478 g/mol. The van der Waals surface area contributed by atoms with Gasteiger partial charge in [0.25, 0.3) is 0 Å². The molecule has 1 N–H and O–H groups in total. The van der Waals surface area contributed by atoms with Gasteiger partial charge in [0.2, 0.25) is 5.91 Å². The molecule has 1 aliphatic rings. The van der Waals surface area contributed by atoms with Crippen LogP contribution in [0.3, 0.4) is 0 Å². The lowest BCUT2D eigenvalue weighted by Gasteiger charge is -2.19. The molecule has 0 saturated carbocycles. The highest BCUT2D eigenvalue weighted by Crippen LogP contribution is 2.39. The fourth-order valence-electron chi connectivity index (χ4n) is 4.02. The highest BCUT2D eigenvalue weighted by molar-refractivity contribution is 6.34. The third kappa shape index (κ3) is 4.29. The minimum Gasteiger partial charge on any atom is -0.325 e. The molecule has 166 valence electrons. The number of nitrogens with one attached hydrogen (secondary N) is 1. The number of hydrogen-bond acceptors (Lipinski definition) is 5. The topological polar surface area (TPSA) is 75.9 Å². The number of hydrogen-bond donors (Lipinski definition) is 1. The second kappa shape index (κ2) is 8.84. The summed E-state index contributed by atoms with van der Waals surface area (Å²) in [4.78, 5) is 23.2. The van der Waals surface area contributed by atoms with Crippen molar-refractivity contribution in [2.45, 2.75) is 12.8 Å². The second-order valence-corrected chi connectivity index (χ2v) is 8.55. The maximum Gasteiger partial charge on any atom is 0.231 e. The van der Waals surface area contributed by atoms with E-state index in [1.54, 1.807) is 34.2 Å². The lowest BCUT2D eigenvalue weighted by molar-refractivity contribution is -0.117. The number of aromatic nitrogens is 4. The van der Waals surface area contributed by atoms with E-state index in [0.29, 0.717) is 28.1 Å². The van der Waals surface area contributed by atoms with E-state index in [1.165, 1.54) is 0 Å². The Morgan fingerprint density at radius 3 is 2.73 bits per heavy atom. The highest BCUT2D eigenvalue weighted by atomic mass is 35.5. The molecule has 0 bridgehead atoms. The quantitative estimate of drug-likeness (QED) is 0.405. The lowest BCUT2D eigenvalue weighted by Crippen LogP contribution is -2.30. The molecule has 0 atom stereocenters. The van der Waals surface area contributed by atoms with Crippen molar-refractivity contribution in [3.63, 3.8) is 0 Å². The van der Waals surface area contributed by atoms with Gasteiger partial charge in [-0.25, -0.2) is 9.97 Å². The predicted octanol–water partition coefficient (Wildman–Crippen LogP) is 5.06. The van der Waals surface area contributed by atoms with Crippen LogP contribution in [0.4, 0.5) is 17.3 Å². The van der Waals surface area contributed by atoms with E-state index in [9.17, 15) is 4.79 Å². The van der Waals surface area contributed by atoms with E-state index in [4.69, 9.17) is 23.2 Å². The number of carbonyl (C=O) groups excluding carboxylic acids is 1. The first kappa shape index (κ1) is 21.4. The van der Waals surface area contributed by atoms with E-state index < -0.39 is 0 Å². The molecule has 7 nitrogen and oxygen atoms in total. The Bertz CT molecular complexity index is 1350. The van der Waals surface area contributed by atoms with Crippen LogP contribution in [0, 0.1) is 0 Å². The van der Waals surface area contributed by atoms with Crippen molar-refractivity contribution in [3.8, 4) is 11.1 Å². The molecule has 0 radical (unpaired) electrons. The van der Waals surface area contributed by atoms with E-state index in [-0.39, 0.29) is 12.3 Å². The van der Waals surface area contributed by atoms with Crippen LogP contribution in [-0.2, 0) is 24.7 Å². The number of anilines is 3. The summed E-state index contributed by atoms with van der Waals surface area (Å²) in [7, 11) is 1.86. The molecule has 5 rings (SSSR count). The van der Waals surface area contributed by atoms with Crippen molar-refractivity contribution in [1.29, 1.82) is 0 Å². The maximum absolute atomic E-state index is 13.0. The number of aryl methyl sites for hydroxylation is 1. The van der Waals surface area contributed by atoms with Crippen molar-refractivity contribution in [2.75, 3.05) is 16.8 Å². The number of rotatable bonds is 5. The van der Waals surface area contributed by atoms with Crippen LogP contribution in [0.25, 0.3) is 11.1 Å². The molecule has 0 fully saturated rings. The van der Waals surface area contributed by atoms with Gasteiger partial charge in [-0.1, -0.05) is 29.3 Å². The number of benzene rings is 1. The lowest BCUT2D eigenvalue weighted by atomic mass is 10.0. The maximum atomic E-state index is 13.0. The van der Waals surface area contributed by atoms with Gasteiger partial charge in [-0.3, -0.25) is 9.48 Å². The van der Waals surface area contributed by atoms with Gasteiger partial charge in [0.15, 0.2) is 0 Å². The van der Waals surface area contributed by atoms with E-state index in [2.05, 4.69) is 26.4 Å². The molecule has 1 amide bonds. The van der Waals surface area contributed by atoms with E-state index in [1.807, 2.05) is 37.4 Å². The second-order valence-electron chi connectivity index (χ2n) is 7.79. The zero-order valence-corrected chi connectivity index (χ0v) is 19.3. The zero-order chi connectivity index (χ0) is 22.9. The first-order valence-electron chi connectivity index (χ1n) is 10.4. The molecule has 0 unspecified atom stereocenters. The third-order valence-corrected chi connectivity index (χ3v) is 6.29. The Morgan fingerprint density at radius 1 is 1.06 bits per heavy atom. The standard InChI is InChI=1S/C24H20Cl2N6O/c1-31-21(5-9-29-31)30-20-13-15(4-8-27-20)18-11-16-6-10-32(23(16)19(25)12-18)22(33)14-17-3-2-7-28-24(17)26/h2-5,7-9,11-13H,6,10,14H2,1H3,(H,27,30). The molecule has 4 heterocycles. The fourth-order valence-corrected chi connectivity index (χ4v) is 4.55. The molecule has 9 heteroatoms. The van der Waals surface area contributed by atoms with Crippen molar-refractivity contribution in [1.82, 2.24) is 19.7 Å². The van der Waals surface area contributed by atoms with Gasteiger partial charge in [-0.05, 0) is 59.0 Å². The Kier molecular flexibility index (Phi) is 5.74. The molecule has 0 aliphatic carbocycles. The van der Waals surface area contributed by atoms with Gasteiger partial charge >= 0.3 is 0 Å². The number of halogens is 2. The molecule has 3 aromatic heterocycles. The van der Waals surface area contributed by atoms with Gasteiger partial charge in [0.05, 0.1) is 23.3 Å². The molecular weight excluding hydrogens is 459 g/mol. The fraction of sp³-hybridized carbons (Fsp3) is 0.167. The summed E-state index contributed by atoms with van der Waals surface area (Å²) in [5, 5.41) is 8.32. The number of carbonyl (C=O) groups is 1. The van der Waals surface area contributed by atoms with E-state index in [0.717, 1.165) is 34.6 Å². The molecule has 1 aromatic carbocycles. The summed E-state index contributed by atoms with van der Waals surface area (Å²) in [5.41, 5.74) is 4.47. The van der Waals surface area contributed by atoms with Crippen molar-refractivity contribution in [2.24, 2.45) is 7.05 Å². The van der Waals surface area contributed by atoms with Gasteiger partial charge in [0, 0.05) is 32.1 Å². The first-order chi connectivity index (χ1) is 16.0. The minimum absolute atomic E-state index is 0.0510. The van der Waals surface area contributed by atoms with Gasteiger partial charge < -0.3 is 10.2 Å².